The molecule has 1 heterocycles. The Labute approximate surface area is 96.9 Å². The van der Waals surface area contributed by atoms with Crippen molar-refractivity contribution in [3.8, 4) is 0 Å². The van der Waals surface area contributed by atoms with Crippen LogP contribution < -0.4 is 11.1 Å². The first kappa shape index (κ1) is 13.1. The van der Waals surface area contributed by atoms with Crippen LogP contribution in [-0.4, -0.2) is 29.3 Å². The van der Waals surface area contributed by atoms with E-state index in [1.165, 1.54) is 0 Å². The number of aliphatic hydroxyl groups excluding tert-OH is 1. The molecule has 16 heavy (non-hydrogen) atoms. The number of nitrogens with one attached hydrogen (secondary N) is 1. The monoisotopic (exact) mass is 223 g/mol. The van der Waals surface area contributed by atoms with E-state index in [1.54, 1.807) is 0 Å². The highest BCUT2D eigenvalue weighted by Crippen LogP contribution is 2.12. The molecule has 0 bridgehead atoms. The molecule has 4 heteroatoms. The van der Waals surface area contributed by atoms with Crippen LogP contribution in [0, 0.1) is 6.92 Å². The van der Waals surface area contributed by atoms with Crippen LogP contribution in [0.15, 0.2) is 18.3 Å². The molecule has 0 radical (unpaired) electrons. The molecule has 0 saturated heterocycles. The lowest BCUT2D eigenvalue weighted by atomic mass is 10.1. The van der Waals surface area contributed by atoms with E-state index in [0.29, 0.717) is 6.54 Å². The maximum Gasteiger partial charge on any atom is 0.0461 e. The molecule has 90 valence electrons. The Morgan fingerprint density at radius 3 is 2.75 bits per heavy atom. The smallest absolute Gasteiger partial charge is 0.0461 e. The summed E-state index contributed by atoms with van der Waals surface area (Å²) in [5.41, 5.74) is 7.83. The van der Waals surface area contributed by atoms with Crippen molar-refractivity contribution in [1.82, 2.24) is 10.3 Å². The second-order valence-corrected chi connectivity index (χ2v) is 4.10. The van der Waals surface area contributed by atoms with Crippen molar-refractivity contribution in [2.24, 2.45) is 5.73 Å². The summed E-state index contributed by atoms with van der Waals surface area (Å²) >= 11 is 0. The maximum absolute atomic E-state index is 8.85. The molecule has 1 aromatic rings. The molecular formula is C12H21N3O. The first-order valence-electron chi connectivity index (χ1n) is 5.67. The second-order valence-electron chi connectivity index (χ2n) is 4.10. The van der Waals surface area contributed by atoms with Crippen molar-refractivity contribution in [2.75, 3.05) is 13.2 Å². The van der Waals surface area contributed by atoms with Crippen LogP contribution in [0.25, 0.3) is 0 Å². The van der Waals surface area contributed by atoms with E-state index < -0.39 is 0 Å². The molecule has 0 aliphatic carbocycles. The van der Waals surface area contributed by atoms with Gasteiger partial charge in [0.1, 0.15) is 0 Å². The van der Waals surface area contributed by atoms with Crippen LogP contribution in [0.4, 0.5) is 0 Å². The summed E-state index contributed by atoms with van der Waals surface area (Å²) in [6, 6.07) is 4.38. The van der Waals surface area contributed by atoms with Gasteiger partial charge < -0.3 is 16.2 Å². The standard InChI is InChI=1S/C12H21N3O/c1-9-3-4-11(8-14-9)12(7-13)15-10(2)5-6-16/h3-4,8,10,12,15-16H,5-7,13H2,1-2H3. The minimum Gasteiger partial charge on any atom is -0.396 e. The van der Waals surface area contributed by atoms with Crippen molar-refractivity contribution in [1.29, 1.82) is 0 Å². The van der Waals surface area contributed by atoms with Crippen LogP contribution in [0.2, 0.25) is 0 Å². The molecule has 0 aliphatic heterocycles. The highest BCUT2D eigenvalue weighted by atomic mass is 16.3. The number of aryl methyl sites for hydroxylation is 1. The number of nitrogens with two attached hydrogens (primary N) is 1. The fraction of sp³-hybridized carbons (Fsp3) is 0.583. The van der Waals surface area contributed by atoms with Crippen LogP contribution in [0.1, 0.15) is 30.6 Å². The summed E-state index contributed by atoms with van der Waals surface area (Å²) in [7, 11) is 0. The minimum atomic E-state index is 0.106. The maximum atomic E-state index is 8.85. The minimum absolute atomic E-state index is 0.106. The Morgan fingerprint density at radius 1 is 1.50 bits per heavy atom. The lowest BCUT2D eigenvalue weighted by Gasteiger charge is -2.21. The molecule has 0 aliphatic rings. The number of pyridine rings is 1. The number of aromatic nitrogens is 1. The van der Waals surface area contributed by atoms with Gasteiger partial charge in [0.2, 0.25) is 0 Å². The summed E-state index contributed by atoms with van der Waals surface area (Å²) < 4.78 is 0. The normalized spacial score (nSPS) is 14.8. The Hall–Kier alpha value is -0.970. The van der Waals surface area contributed by atoms with Gasteiger partial charge in [-0.3, -0.25) is 4.98 Å². The molecule has 0 fully saturated rings. The van der Waals surface area contributed by atoms with E-state index in [-0.39, 0.29) is 18.7 Å². The van der Waals surface area contributed by atoms with Gasteiger partial charge in [0.15, 0.2) is 0 Å². The largest absolute Gasteiger partial charge is 0.396 e. The molecule has 2 atom stereocenters. The molecule has 0 aromatic carbocycles. The Kier molecular flexibility index (Phi) is 5.38. The molecule has 0 spiro atoms. The van der Waals surface area contributed by atoms with Crippen LogP contribution in [0.5, 0.6) is 0 Å². The number of hydrogen-bond donors (Lipinski definition) is 3. The third-order valence-electron chi connectivity index (χ3n) is 2.62. The van der Waals surface area contributed by atoms with Gasteiger partial charge in [-0.05, 0) is 31.9 Å². The first-order chi connectivity index (χ1) is 7.67. The van der Waals surface area contributed by atoms with E-state index in [2.05, 4.69) is 10.3 Å². The van der Waals surface area contributed by atoms with Crippen LogP contribution >= 0.6 is 0 Å². The summed E-state index contributed by atoms with van der Waals surface area (Å²) in [4.78, 5) is 4.26. The van der Waals surface area contributed by atoms with Gasteiger partial charge in [-0.15, -0.1) is 0 Å². The van der Waals surface area contributed by atoms with E-state index in [0.717, 1.165) is 17.7 Å². The molecule has 1 aromatic heterocycles. The van der Waals surface area contributed by atoms with Gasteiger partial charge in [-0.1, -0.05) is 6.07 Å². The number of aliphatic hydroxyl groups is 1. The Bertz CT molecular complexity index is 300. The zero-order valence-electron chi connectivity index (χ0n) is 9.98. The molecule has 4 nitrogen and oxygen atoms in total. The van der Waals surface area contributed by atoms with Gasteiger partial charge in [0.25, 0.3) is 0 Å². The van der Waals surface area contributed by atoms with Crippen molar-refractivity contribution in [2.45, 2.75) is 32.4 Å². The van der Waals surface area contributed by atoms with Crippen molar-refractivity contribution >= 4 is 0 Å². The average molecular weight is 223 g/mol. The SMILES string of the molecule is Cc1ccc(C(CN)NC(C)CCO)cn1. The van der Waals surface area contributed by atoms with Crippen molar-refractivity contribution in [3.05, 3.63) is 29.6 Å². The van der Waals surface area contributed by atoms with Gasteiger partial charge >= 0.3 is 0 Å². The first-order valence-corrected chi connectivity index (χ1v) is 5.67. The summed E-state index contributed by atoms with van der Waals surface area (Å²) in [5.74, 6) is 0. The predicted octanol–water partition coefficient (Wildman–Crippen LogP) is 0.750. The third kappa shape index (κ3) is 3.89. The number of nitrogens with zero attached hydrogens (tertiary/aromatic N) is 1. The van der Waals surface area contributed by atoms with Crippen LogP contribution in [0.3, 0.4) is 0 Å². The molecule has 1 rings (SSSR count). The summed E-state index contributed by atoms with van der Waals surface area (Å²) in [6.07, 6.45) is 2.58. The highest BCUT2D eigenvalue weighted by molar-refractivity contribution is 5.17. The molecule has 0 amide bonds. The van der Waals surface area contributed by atoms with Gasteiger partial charge in [-0.2, -0.15) is 0 Å². The van der Waals surface area contributed by atoms with Crippen molar-refractivity contribution < 1.29 is 5.11 Å². The Balaban J connectivity index is 2.63. The summed E-state index contributed by atoms with van der Waals surface area (Å²) in [5, 5.41) is 12.2. The Morgan fingerprint density at radius 2 is 2.25 bits per heavy atom. The fourth-order valence-electron chi connectivity index (χ4n) is 1.61. The quantitative estimate of drug-likeness (QED) is 0.665. The van der Waals surface area contributed by atoms with Gasteiger partial charge in [-0.25, -0.2) is 0 Å². The second kappa shape index (κ2) is 6.58. The average Bonchev–Trinajstić information content (AvgIpc) is 2.27. The van der Waals surface area contributed by atoms with E-state index >= 15 is 0 Å². The number of rotatable bonds is 6. The molecular weight excluding hydrogens is 202 g/mol. The predicted molar refractivity (Wildman–Crippen MR) is 65.1 cm³/mol. The fourth-order valence-corrected chi connectivity index (χ4v) is 1.61. The molecule has 0 saturated carbocycles. The highest BCUT2D eigenvalue weighted by Gasteiger charge is 2.12. The molecule has 4 N–H and O–H groups in total. The lowest BCUT2D eigenvalue weighted by Crippen LogP contribution is -2.35. The van der Waals surface area contributed by atoms with Gasteiger partial charge in [0.05, 0.1) is 0 Å². The van der Waals surface area contributed by atoms with Crippen molar-refractivity contribution in [3.63, 3.8) is 0 Å². The van der Waals surface area contributed by atoms with E-state index in [9.17, 15) is 0 Å². The third-order valence-corrected chi connectivity index (χ3v) is 2.62. The topological polar surface area (TPSA) is 71.2 Å². The number of hydrogen-bond acceptors (Lipinski definition) is 4. The van der Waals surface area contributed by atoms with E-state index in [1.807, 2.05) is 32.2 Å². The summed E-state index contributed by atoms with van der Waals surface area (Å²) in [6.45, 7) is 4.72. The lowest BCUT2D eigenvalue weighted by molar-refractivity contribution is 0.263. The zero-order valence-corrected chi connectivity index (χ0v) is 9.98. The molecule has 2 unspecified atom stereocenters. The van der Waals surface area contributed by atoms with E-state index in [4.69, 9.17) is 10.8 Å². The van der Waals surface area contributed by atoms with Crippen LogP contribution in [-0.2, 0) is 0 Å². The van der Waals surface area contributed by atoms with Gasteiger partial charge in [0, 0.05) is 37.1 Å². The zero-order chi connectivity index (χ0) is 12.0.